The summed E-state index contributed by atoms with van der Waals surface area (Å²) in [6, 6.07) is 9.07. The van der Waals surface area contributed by atoms with Crippen LogP contribution in [0.2, 0.25) is 0 Å². The summed E-state index contributed by atoms with van der Waals surface area (Å²) >= 11 is 3.31. The molecule has 0 bridgehead atoms. The first kappa shape index (κ1) is 16.3. The van der Waals surface area contributed by atoms with Crippen molar-refractivity contribution in [2.24, 2.45) is 0 Å². The Morgan fingerprint density at radius 1 is 1.23 bits per heavy atom. The Bertz CT molecular complexity index is 632. The van der Waals surface area contributed by atoms with Crippen LogP contribution in [0.4, 0.5) is 0 Å². The van der Waals surface area contributed by atoms with Crippen molar-refractivity contribution in [2.75, 3.05) is 27.3 Å². The van der Waals surface area contributed by atoms with Crippen molar-refractivity contribution in [2.45, 2.75) is 0 Å². The summed E-state index contributed by atoms with van der Waals surface area (Å²) in [7, 11) is 3.36. The van der Waals surface area contributed by atoms with E-state index in [1.165, 1.54) is 0 Å². The van der Waals surface area contributed by atoms with Gasteiger partial charge in [-0.3, -0.25) is 9.78 Å². The lowest BCUT2D eigenvalue weighted by molar-refractivity contribution is 0.0773. The quantitative estimate of drug-likeness (QED) is 0.790. The summed E-state index contributed by atoms with van der Waals surface area (Å²) < 4.78 is 11.5. The van der Waals surface area contributed by atoms with Crippen molar-refractivity contribution in [3.05, 3.63) is 52.8 Å². The number of hydrogen-bond donors (Lipinski definition) is 0. The molecular formula is C16H17BrN2O3. The maximum atomic E-state index is 12.2. The van der Waals surface area contributed by atoms with Crippen molar-refractivity contribution in [3.63, 3.8) is 0 Å². The molecule has 0 radical (unpaired) electrons. The zero-order valence-corrected chi connectivity index (χ0v) is 14.0. The van der Waals surface area contributed by atoms with E-state index in [1.807, 2.05) is 24.3 Å². The van der Waals surface area contributed by atoms with Crippen LogP contribution in [0.1, 0.15) is 10.4 Å². The highest BCUT2D eigenvalue weighted by atomic mass is 79.9. The molecule has 0 N–H and O–H groups in total. The van der Waals surface area contributed by atoms with Gasteiger partial charge in [0.05, 0.1) is 19.2 Å². The molecule has 6 heteroatoms. The van der Waals surface area contributed by atoms with E-state index in [-0.39, 0.29) is 5.91 Å². The summed E-state index contributed by atoms with van der Waals surface area (Å²) in [5.41, 5.74) is 0.543. The van der Waals surface area contributed by atoms with Crippen LogP contribution in [0.25, 0.3) is 0 Å². The Morgan fingerprint density at radius 2 is 1.91 bits per heavy atom. The molecule has 0 atom stereocenters. The Hall–Kier alpha value is -2.08. The van der Waals surface area contributed by atoms with Gasteiger partial charge in [-0.2, -0.15) is 0 Å². The van der Waals surface area contributed by atoms with Gasteiger partial charge in [-0.1, -0.05) is 0 Å². The van der Waals surface area contributed by atoms with Crippen LogP contribution in [-0.2, 0) is 0 Å². The fraction of sp³-hybridized carbons (Fsp3) is 0.250. The zero-order valence-electron chi connectivity index (χ0n) is 12.5. The summed E-state index contributed by atoms with van der Waals surface area (Å²) in [4.78, 5) is 17.8. The topological polar surface area (TPSA) is 51.7 Å². The second-order valence-electron chi connectivity index (χ2n) is 4.64. The van der Waals surface area contributed by atoms with Gasteiger partial charge < -0.3 is 14.4 Å². The van der Waals surface area contributed by atoms with Gasteiger partial charge in [-0.15, -0.1) is 0 Å². The fourth-order valence-corrected chi connectivity index (χ4v) is 2.19. The number of likely N-dealkylation sites (N-methyl/N-ethyl adjacent to an activating group) is 1. The van der Waals surface area contributed by atoms with Crippen LogP contribution < -0.4 is 9.47 Å². The van der Waals surface area contributed by atoms with Crippen molar-refractivity contribution in [1.82, 2.24) is 9.88 Å². The molecule has 0 spiro atoms. The lowest BCUT2D eigenvalue weighted by Crippen LogP contribution is -2.30. The van der Waals surface area contributed by atoms with Gasteiger partial charge in [0.1, 0.15) is 18.1 Å². The van der Waals surface area contributed by atoms with Gasteiger partial charge in [-0.25, -0.2) is 0 Å². The third-order valence-electron chi connectivity index (χ3n) is 3.05. The number of ether oxygens (including phenoxy) is 2. The molecule has 22 heavy (non-hydrogen) atoms. The van der Waals surface area contributed by atoms with E-state index < -0.39 is 0 Å². The summed E-state index contributed by atoms with van der Waals surface area (Å²) in [5, 5.41) is 0. The Kier molecular flexibility index (Phi) is 5.77. The van der Waals surface area contributed by atoms with Crippen LogP contribution in [0.5, 0.6) is 11.5 Å². The van der Waals surface area contributed by atoms with E-state index >= 15 is 0 Å². The number of carbonyl (C=O) groups is 1. The van der Waals surface area contributed by atoms with E-state index in [2.05, 4.69) is 20.9 Å². The van der Waals surface area contributed by atoms with Crippen molar-refractivity contribution in [1.29, 1.82) is 0 Å². The van der Waals surface area contributed by atoms with Gasteiger partial charge in [0, 0.05) is 23.9 Å². The fourth-order valence-electron chi connectivity index (χ4n) is 1.82. The van der Waals surface area contributed by atoms with Crippen molar-refractivity contribution < 1.29 is 14.3 Å². The molecule has 0 aliphatic carbocycles. The van der Waals surface area contributed by atoms with Gasteiger partial charge >= 0.3 is 0 Å². The molecule has 0 aliphatic rings. The molecule has 1 aromatic heterocycles. The Morgan fingerprint density at radius 3 is 2.55 bits per heavy atom. The first-order valence-corrected chi connectivity index (χ1v) is 7.52. The number of carbonyl (C=O) groups excluding carboxylic acids is 1. The van der Waals surface area contributed by atoms with Crippen LogP contribution in [0.3, 0.4) is 0 Å². The number of halogens is 1. The van der Waals surface area contributed by atoms with E-state index in [4.69, 9.17) is 9.47 Å². The molecule has 0 saturated heterocycles. The molecule has 0 saturated carbocycles. The SMILES string of the molecule is COc1ccc(OCCN(C)C(=O)c2cncc(Br)c2)cc1. The number of rotatable bonds is 6. The minimum absolute atomic E-state index is 0.0906. The first-order valence-electron chi connectivity index (χ1n) is 6.73. The van der Waals surface area contributed by atoms with Crippen LogP contribution >= 0.6 is 15.9 Å². The number of hydrogen-bond acceptors (Lipinski definition) is 4. The largest absolute Gasteiger partial charge is 0.497 e. The molecule has 0 fully saturated rings. The van der Waals surface area contributed by atoms with Gasteiger partial charge in [0.2, 0.25) is 0 Å². The van der Waals surface area contributed by atoms with Crippen molar-refractivity contribution in [3.8, 4) is 11.5 Å². The average Bonchev–Trinajstić information content (AvgIpc) is 2.54. The maximum Gasteiger partial charge on any atom is 0.255 e. The van der Waals surface area contributed by atoms with Gasteiger partial charge in [0.25, 0.3) is 5.91 Å². The highest BCUT2D eigenvalue weighted by Crippen LogP contribution is 2.17. The molecule has 116 valence electrons. The highest BCUT2D eigenvalue weighted by molar-refractivity contribution is 9.10. The predicted octanol–water partition coefficient (Wildman–Crippen LogP) is 3.00. The van der Waals surface area contributed by atoms with Crippen LogP contribution in [-0.4, -0.2) is 43.1 Å². The molecular weight excluding hydrogens is 348 g/mol. The summed E-state index contributed by atoms with van der Waals surface area (Å²) in [5.74, 6) is 1.43. The molecule has 0 aliphatic heterocycles. The number of aromatic nitrogens is 1. The molecule has 2 rings (SSSR count). The molecule has 2 aromatic rings. The number of methoxy groups -OCH3 is 1. The third-order valence-corrected chi connectivity index (χ3v) is 3.49. The van der Waals surface area contributed by atoms with Crippen molar-refractivity contribution >= 4 is 21.8 Å². The number of nitrogens with zero attached hydrogens (tertiary/aromatic N) is 2. The lowest BCUT2D eigenvalue weighted by atomic mass is 10.2. The summed E-state index contributed by atoms with van der Waals surface area (Å²) in [6.07, 6.45) is 3.19. The maximum absolute atomic E-state index is 12.2. The van der Waals surface area contributed by atoms with E-state index in [0.717, 1.165) is 16.0 Å². The van der Waals surface area contributed by atoms with Crippen LogP contribution in [0.15, 0.2) is 47.2 Å². The van der Waals surface area contributed by atoms with Gasteiger partial charge in [0.15, 0.2) is 0 Å². The predicted molar refractivity (Wildman–Crippen MR) is 87.4 cm³/mol. The number of pyridine rings is 1. The van der Waals surface area contributed by atoms with Crippen LogP contribution in [0, 0.1) is 0 Å². The monoisotopic (exact) mass is 364 g/mol. The number of amides is 1. The lowest BCUT2D eigenvalue weighted by Gasteiger charge is -2.17. The molecule has 1 aromatic carbocycles. The second kappa shape index (κ2) is 7.79. The Balaban J connectivity index is 1.84. The minimum atomic E-state index is -0.0906. The van der Waals surface area contributed by atoms with E-state index in [9.17, 15) is 4.79 Å². The minimum Gasteiger partial charge on any atom is -0.497 e. The second-order valence-corrected chi connectivity index (χ2v) is 5.56. The van der Waals surface area contributed by atoms with Gasteiger partial charge in [-0.05, 0) is 46.3 Å². The molecule has 5 nitrogen and oxygen atoms in total. The zero-order chi connectivity index (χ0) is 15.9. The number of benzene rings is 1. The average molecular weight is 365 g/mol. The standard InChI is InChI=1S/C16H17BrN2O3/c1-19(16(20)12-9-13(17)11-18-10-12)7-8-22-15-5-3-14(21-2)4-6-15/h3-6,9-11H,7-8H2,1-2H3. The normalized spacial score (nSPS) is 10.1. The molecule has 0 unspecified atom stereocenters. The smallest absolute Gasteiger partial charge is 0.255 e. The summed E-state index contributed by atoms with van der Waals surface area (Å²) in [6.45, 7) is 0.896. The van der Waals surface area contributed by atoms with E-state index in [1.54, 1.807) is 37.5 Å². The van der Waals surface area contributed by atoms with E-state index in [0.29, 0.717) is 18.7 Å². The first-order chi connectivity index (χ1) is 10.6. The molecule has 1 heterocycles. The highest BCUT2D eigenvalue weighted by Gasteiger charge is 2.12. The Labute approximate surface area is 138 Å². The third kappa shape index (κ3) is 4.46. The molecule has 1 amide bonds.